The van der Waals surface area contributed by atoms with E-state index in [1.54, 1.807) is 25.1 Å². The molecule has 0 bridgehead atoms. The van der Waals surface area contributed by atoms with E-state index in [0.717, 1.165) is 5.56 Å². The smallest absolute Gasteiger partial charge is 0.336 e. The highest BCUT2D eigenvalue weighted by Crippen LogP contribution is 2.35. The van der Waals surface area contributed by atoms with Gasteiger partial charge in [0.2, 0.25) is 0 Å². The average molecular weight is 424 g/mol. The van der Waals surface area contributed by atoms with Crippen molar-refractivity contribution in [2.24, 2.45) is 0 Å². The van der Waals surface area contributed by atoms with Gasteiger partial charge in [-0.3, -0.25) is 4.79 Å². The second kappa shape index (κ2) is 8.47. The number of hydrogen-bond acceptors (Lipinski definition) is 5. The molecule has 6 nitrogen and oxygen atoms in total. The number of halogens is 1. The summed E-state index contributed by atoms with van der Waals surface area (Å²) in [7, 11) is 0. The highest BCUT2D eigenvalue weighted by Gasteiger charge is 2.18. The molecule has 0 fully saturated rings. The Bertz CT molecular complexity index is 1230. The van der Waals surface area contributed by atoms with E-state index < -0.39 is 11.7 Å². The van der Waals surface area contributed by atoms with Crippen molar-refractivity contribution in [3.8, 4) is 16.9 Å². The Hall–Kier alpha value is -3.51. The van der Waals surface area contributed by atoms with Crippen LogP contribution >= 0.6 is 11.6 Å². The van der Waals surface area contributed by atoms with Crippen LogP contribution in [0.25, 0.3) is 22.1 Å². The summed E-state index contributed by atoms with van der Waals surface area (Å²) in [6, 6.07) is 17.6. The van der Waals surface area contributed by atoms with Crippen LogP contribution in [-0.4, -0.2) is 12.0 Å². The molecule has 4 rings (SSSR count). The molecule has 4 aromatic rings. The van der Waals surface area contributed by atoms with Gasteiger partial charge in [-0.25, -0.2) is 4.79 Å². The van der Waals surface area contributed by atoms with Gasteiger partial charge in [0.1, 0.15) is 17.1 Å². The highest BCUT2D eigenvalue weighted by atomic mass is 35.5. The summed E-state index contributed by atoms with van der Waals surface area (Å²) in [6.07, 6.45) is 0.715. The van der Waals surface area contributed by atoms with Crippen molar-refractivity contribution in [1.82, 2.24) is 5.32 Å². The molecule has 1 unspecified atom stereocenters. The number of carbonyl (C=O) groups excluding carboxylic acids is 1. The van der Waals surface area contributed by atoms with Gasteiger partial charge in [0, 0.05) is 17.5 Å². The molecule has 0 aliphatic rings. The molecule has 0 aliphatic carbocycles. The lowest BCUT2D eigenvalue weighted by Crippen LogP contribution is -2.35. The van der Waals surface area contributed by atoms with Crippen molar-refractivity contribution in [1.29, 1.82) is 0 Å². The summed E-state index contributed by atoms with van der Waals surface area (Å²) in [6.45, 7) is 1.86. The lowest BCUT2D eigenvalue weighted by atomic mass is 10.0. The largest absolute Gasteiger partial charge is 0.479 e. The molecule has 0 radical (unpaired) electrons. The third-order valence-electron chi connectivity index (χ3n) is 4.57. The Morgan fingerprint density at radius 3 is 2.67 bits per heavy atom. The van der Waals surface area contributed by atoms with Crippen LogP contribution in [0.2, 0.25) is 5.02 Å². The van der Waals surface area contributed by atoms with Crippen molar-refractivity contribution >= 4 is 28.5 Å². The zero-order valence-corrected chi connectivity index (χ0v) is 16.8. The zero-order valence-electron chi connectivity index (χ0n) is 16.1. The molecule has 0 saturated heterocycles. The molecule has 2 heterocycles. The average Bonchev–Trinajstić information content (AvgIpc) is 3.26. The standard InChI is InChI=1S/C23H18ClNO5/c1-14(23(27)25-13-16-8-5-9-28-16)29-21-12-20-18(10-19(21)24)17(11-22(26)30-20)15-6-3-2-4-7-15/h2-12,14H,13H2,1H3,(H,25,27). The topological polar surface area (TPSA) is 81.7 Å². The van der Waals surface area contributed by atoms with Crippen molar-refractivity contribution < 1.29 is 18.4 Å². The van der Waals surface area contributed by atoms with Crippen LogP contribution in [0.15, 0.2) is 80.6 Å². The van der Waals surface area contributed by atoms with Crippen LogP contribution in [0.3, 0.4) is 0 Å². The molecule has 1 N–H and O–H groups in total. The SMILES string of the molecule is CC(Oc1cc2oc(=O)cc(-c3ccccc3)c2cc1Cl)C(=O)NCc1ccco1. The third-order valence-corrected chi connectivity index (χ3v) is 4.87. The molecule has 1 atom stereocenters. The molecule has 2 aromatic carbocycles. The summed E-state index contributed by atoms with van der Waals surface area (Å²) in [5.74, 6) is 0.551. The van der Waals surface area contributed by atoms with E-state index in [1.165, 1.54) is 18.4 Å². The number of amides is 1. The number of ether oxygens (including phenoxy) is 1. The fraction of sp³-hybridized carbons (Fsp3) is 0.130. The van der Waals surface area contributed by atoms with Gasteiger partial charge in [-0.15, -0.1) is 0 Å². The van der Waals surface area contributed by atoms with E-state index in [0.29, 0.717) is 27.3 Å². The molecule has 152 valence electrons. The number of hydrogen-bond donors (Lipinski definition) is 1. The molecule has 0 saturated carbocycles. The van der Waals surface area contributed by atoms with Crippen LogP contribution in [0.4, 0.5) is 0 Å². The highest BCUT2D eigenvalue weighted by molar-refractivity contribution is 6.33. The van der Waals surface area contributed by atoms with Crippen LogP contribution in [0.5, 0.6) is 5.75 Å². The van der Waals surface area contributed by atoms with E-state index >= 15 is 0 Å². The number of furan rings is 1. The normalized spacial score (nSPS) is 11.9. The number of nitrogens with one attached hydrogen (secondary N) is 1. The van der Waals surface area contributed by atoms with Gasteiger partial charge in [-0.2, -0.15) is 0 Å². The fourth-order valence-electron chi connectivity index (χ4n) is 3.09. The summed E-state index contributed by atoms with van der Waals surface area (Å²) < 4.78 is 16.3. The van der Waals surface area contributed by atoms with Gasteiger partial charge in [-0.1, -0.05) is 41.9 Å². The van der Waals surface area contributed by atoms with Crippen LogP contribution in [0.1, 0.15) is 12.7 Å². The minimum absolute atomic E-state index is 0.248. The molecular weight excluding hydrogens is 406 g/mol. The number of rotatable bonds is 6. The number of benzene rings is 2. The molecule has 0 spiro atoms. The van der Waals surface area contributed by atoms with Gasteiger partial charge in [0.25, 0.3) is 5.91 Å². The Kier molecular flexibility index (Phi) is 5.59. The summed E-state index contributed by atoms with van der Waals surface area (Å²) in [5.41, 5.74) is 1.41. The molecular formula is C23H18ClNO5. The summed E-state index contributed by atoms with van der Waals surface area (Å²) >= 11 is 6.42. The summed E-state index contributed by atoms with van der Waals surface area (Å²) in [5, 5.41) is 3.71. The Morgan fingerprint density at radius 1 is 1.13 bits per heavy atom. The molecule has 30 heavy (non-hydrogen) atoms. The van der Waals surface area contributed by atoms with Crippen LogP contribution in [0, 0.1) is 0 Å². The molecule has 7 heteroatoms. The second-order valence-electron chi connectivity index (χ2n) is 6.68. The molecule has 0 aliphatic heterocycles. The Morgan fingerprint density at radius 2 is 1.93 bits per heavy atom. The van der Waals surface area contributed by atoms with Gasteiger partial charge < -0.3 is 18.9 Å². The maximum absolute atomic E-state index is 12.3. The first kappa shape index (κ1) is 19.8. The van der Waals surface area contributed by atoms with E-state index in [9.17, 15) is 9.59 Å². The van der Waals surface area contributed by atoms with Gasteiger partial charge in [-0.05, 0) is 36.2 Å². The lowest BCUT2D eigenvalue weighted by molar-refractivity contribution is -0.127. The first-order valence-electron chi connectivity index (χ1n) is 9.31. The Labute approximate surface area is 177 Å². The third kappa shape index (κ3) is 4.23. The van der Waals surface area contributed by atoms with Gasteiger partial charge in [0.05, 0.1) is 17.8 Å². The van der Waals surface area contributed by atoms with Gasteiger partial charge >= 0.3 is 5.63 Å². The van der Waals surface area contributed by atoms with E-state index in [2.05, 4.69) is 5.32 Å². The fourth-order valence-corrected chi connectivity index (χ4v) is 3.29. The maximum atomic E-state index is 12.3. The predicted molar refractivity (Wildman–Crippen MR) is 114 cm³/mol. The maximum Gasteiger partial charge on any atom is 0.336 e. The summed E-state index contributed by atoms with van der Waals surface area (Å²) in [4.78, 5) is 24.4. The van der Waals surface area contributed by atoms with E-state index in [-0.39, 0.29) is 18.2 Å². The van der Waals surface area contributed by atoms with Crippen molar-refractivity contribution in [3.05, 3.63) is 88.1 Å². The molecule has 1 amide bonds. The second-order valence-corrected chi connectivity index (χ2v) is 7.09. The molecule has 2 aromatic heterocycles. The minimum atomic E-state index is -0.820. The first-order valence-corrected chi connectivity index (χ1v) is 9.68. The Balaban J connectivity index is 1.60. The van der Waals surface area contributed by atoms with E-state index in [4.69, 9.17) is 25.2 Å². The van der Waals surface area contributed by atoms with Crippen molar-refractivity contribution in [2.75, 3.05) is 0 Å². The quantitative estimate of drug-likeness (QED) is 0.451. The van der Waals surface area contributed by atoms with Crippen LogP contribution in [-0.2, 0) is 11.3 Å². The monoisotopic (exact) mass is 423 g/mol. The zero-order chi connectivity index (χ0) is 21.1. The number of carbonyl (C=O) groups is 1. The van der Waals surface area contributed by atoms with Gasteiger partial charge in [0.15, 0.2) is 6.10 Å². The van der Waals surface area contributed by atoms with Crippen molar-refractivity contribution in [3.63, 3.8) is 0 Å². The van der Waals surface area contributed by atoms with Crippen molar-refractivity contribution in [2.45, 2.75) is 19.6 Å². The predicted octanol–water partition coefficient (Wildman–Crippen LogP) is 4.79. The first-order chi connectivity index (χ1) is 14.5. The van der Waals surface area contributed by atoms with Crippen LogP contribution < -0.4 is 15.7 Å². The number of fused-ring (bicyclic) bond motifs is 1. The van der Waals surface area contributed by atoms with E-state index in [1.807, 2.05) is 30.3 Å². The lowest BCUT2D eigenvalue weighted by Gasteiger charge is -2.16. The minimum Gasteiger partial charge on any atom is -0.479 e.